The Balaban J connectivity index is 1.95. The highest BCUT2D eigenvalue weighted by molar-refractivity contribution is 5.30. The molecule has 0 fully saturated rings. The van der Waals surface area contributed by atoms with Crippen molar-refractivity contribution in [3.63, 3.8) is 0 Å². The molecule has 0 aromatic heterocycles. The van der Waals surface area contributed by atoms with Gasteiger partial charge in [0.1, 0.15) is 0 Å². The summed E-state index contributed by atoms with van der Waals surface area (Å²) < 4.78 is 18.2. The third-order valence-corrected chi connectivity index (χ3v) is 3.00. The highest BCUT2D eigenvalue weighted by Crippen LogP contribution is 2.21. The van der Waals surface area contributed by atoms with Crippen molar-refractivity contribution in [2.24, 2.45) is 11.7 Å². The number of benzene rings is 1. The summed E-state index contributed by atoms with van der Waals surface area (Å²) in [5, 5.41) is 3.09. The Morgan fingerprint density at radius 2 is 2.35 bits per heavy atom. The summed E-state index contributed by atoms with van der Waals surface area (Å²) in [7, 11) is 1.48. The monoisotopic (exact) mass is 236 g/mol. The molecule has 17 heavy (non-hydrogen) atoms. The fourth-order valence-corrected chi connectivity index (χ4v) is 2.02. The van der Waals surface area contributed by atoms with Crippen LogP contribution in [0.3, 0.4) is 0 Å². The first-order valence-corrected chi connectivity index (χ1v) is 5.72. The van der Waals surface area contributed by atoms with Crippen molar-refractivity contribution in [2.75, 3.05) is 13.7 Å². The fraction of sp³-hybridized carbons (Fsp3) is 0.385. The Morgan fingerprint density at radius 3 is 3.00 bits per heavy atom. The van der Waals surface area contributed by atoms with Gasteiger partial charge in [0.05, 0.1) is 12.9 Å². The van der Waals surface area contributed by atoms with Crippen LogP contribution in [0.5, 0.6) is 5.75 Å². The molecule has 1 aliphatic heterocycles. The first-order valence-electron chi connectivity index (χ1n) is 5.72. The Bertz CT molecular complexity index is 431. The lowest BCUT2D eigenvalue weighted by molar-refractivity contribution is 0.385. The van der Waals surface area contributed by atoms with E-state index in [2.05, 4.69) is 5.32 Å². The Labute approximate surface area is 100 Å². The van der Waals surface area contributed by atoms with Gasteiger partial charge in [0, 0.05) is 6.54 Å². The van der Waals surface area contributed by atoms with Crippen LogP contribution < -0.4 is 15.8 Å². The van der Waals surface area contributed by atoms with Crippen molar-refractivity contribution in [1.82, 2.24) is 5.32 Å². The number of hydrogen-bond donors (Lipinski definition) is 2. The van der Waals surface area contributed by atoms with Crippen LogP contribution in [-0.2, 0) is 6.42 Å². The number of halogens is 1. The molecular weight excluding hydrogens is 219 g/mol. The van der Waals surface area contributed by atoms with Gasteiger partial charge in [-0.05, 0) is 42.5 Å². The minimum atomic E-state index is -0.317. The smallest absolute Gasteiger partial charge is 0.165 e. The lowest BCUT2D eigenvalue weighted by atomic mass is 10.0. The predicted octanol–water partition coefficient (Wildman–Crippen LogP) is 1.79. The Morgan fingerprint density at radius 1 is 1.53 bits per heavy atom. The molecular formula is C13H17FN2O. The van der Waals surface area contributed by atoms with Crippen LogP contribution in [0, 0.1) is 11.7 Å². The molecule has 3 nitrogen and oxygen atoms in total. The Hall–Kier alpha value is -1.71. The summed E-state index contributed by atoms with van der Waals surface area (Å²) in [6.45, 7) is 0.893. The standard InChI is InChI=1S/C13H17FN2O/c1-17-12-6-9(4-5-11(12)14)2-3-10-7-13(15)16-8-10/h4-7,10,16H,2-3,8,15H2,1H3/t10-/m0/s1. The zero-order valence-electron chi connectivity index (χ0n) is 9.87. The van der Waals surface area contributed by atoms with Crippen molar-refractivity contribution < 1.29 is 9.13 Å². The van der Waals surface area contributed by atoms with Crippen LogP contribution in [0.2, 0.25) is 0 Å². The lowest BCUT2D eigenvalue weighted by Gasteiger charge is -2.08. The van der Waals surface area contributed by atoms with Crippen molar-refractivity contribution in [1.29, 1.82) is 0 Å². The molecule has 4 heteroatoms. The van der Waals surface area contributed by atoms with Gasteiger partial charge in [0.2, 0.25) is 0 Å². The normalized spacial score (nSPS) is 18.7. The maximum atomic E-state index is 13.2. The number of methoxy groups -OCH3 is 1. The average Bonchev–Trinajstić information content (AvgIpc) is 2.74. The quantitative estimate of drug-likeness (QED) is 0.837. The molecule has 0 unspecified atom stereocenters. The molecule has 1 aliphatic rings. The second-order valence-electron chi connectivity index (χ2n) is 4.27. The van der Waals surface area contributed by atoms with E-state index in [9.17, 15) is 4.39 Å². The molecule has 1 atom stereocenters. The Kier molecular flexibility index (Phi) is 3.52. The summed E-state index contributed by atoms with van der Waals surface area (Å²) in [5.74, 6) is 1.21. The molecule has 92 valence electrons. The van der Waals surface area contributed by atoms with Crippen LogP contribution in [0.4, 0.5) is 4.39 Å². The number of nitrogens with two attached hydrogens (primary N) is 1. The number of ether oxygens (including phenoxy) is 1. The van der Waals surface area contributed by atoms with Gasteiger partial charge in [-0.2, -0.15) is 0 Å². The highest BCUT2D eigenvalue weighted by atomic mass is 19.1. The second kappa shape index (κ2) is 5.08. The average molecular weight is 236 g/mol. The maximum absolute atomic E-state index is 13.2. The van der Waals surface area contributed by atoms with Gasteiger partial charge in [-0.1, -0.05) is 6.07 Å². The first-order chi connectivity index (χ1) is 8.19. The van der Waals surface area contributed by atoms with E-state index in [0.29, 0.717) is 11.7 Å². The van der Waals surface area contributed by atoms with Crippen molar-refractivity contribution in [3.8, 4) is 5.75 Å². The third kappa shape index (κ3) is 2.90. The zero-order valence-corrected chi connectivity index (χ0v) is 9.87. The van der Waals surface area contributed by atoms with Gasteiger partial charge >= 0.3 is 0 Å². The minimum absolute atomic E-state index is 0.308. The predicted molar refractivity (Wildman–Crippen MR) is 65.0 cm³/mol. The molecule has 0 saturated heterocycles. The van der Waals surface area contributed by atoms with Gasteiger partial charge in [0.25, 0.3) is 0 Å². The van der Waals surface area contributed by atoms with Crippen molar-refractivity contribution in [2.45, 2.75) is 12.8 Å². The molecule has 0 saturated carbocycles. The molecule has 3 N–H and O–H groups in total. The van der Waals surface area contributed by atoms with E-state index in [1.165, 1.54) is 13.2 Å². The topological polar surface area (TPSA) is 47.3 Å². The van der Waals surface area contributed by atoms with E-state index in [1.54, 1.807) is 12.1 Å². The number of hydrogen-bond acceptors (Lipinski definition) is 3. The summed E-state index contributed by atoms with van der Waals surface area (Å²) in [4.78, 5) is 0. The number of aryl methyl sites for hydroxylation is 1. The van der Waals surface area contributed by atoms with Crippen LogP contribution >= 0.6 is 0 Å². The molecule has 2 rings (SSSR count). The van der Waals surface area contributed by atoms with Gasteiger partial charge < -0.3 is 15.8 Å². The lowest BCUT2D eigenvalue weighted by Crippen LogP contribution is -2.16. The van der Waals surface area contributed by atoms with Crippen LogP contribution in [0.25, 0.3) is 0 Å². The molecule has 0 spiro atoms. The SMILES string of the molecule is COc1cc(CC[C@H]2C=C(N)NC2)ccc1F. The van der Waals surface area contributed by atoms with Crippen LogP contribution in [0.1, 0.15) is 12.0 Å². The molecule has 1 aromatic rings. The van der Waals surface area contributed by atoms with E-state index in [0.717, 1.165) is 30.8 Å². The van der Waals surface area contributed by atoms with Crippen molar-refractivity contribution in [3.05, 3.63) is 41.5 Å². The summed E-state index contributed by atoms with van der Waals surface area (Å²) in [6, 6.07) is 5.00. The summed E-state index contributed by atoms with van der Waals surface area (Å²) in [6.07, 6.45) is 3.94. The van der Waals surface area contributed by atoms with Gasteiger partial charge in [0.15, 0.2) is 11.6 Å². The highest BCUT2D eigenvalue weighted by Gasteiger charge is 2.13. The molecule has 0 radical (unpaired) electrons. The van der Waals surface area contributed by atoms with E-state index in [4.69, 9.17) is 10.5 Å². The first kappa shape index (κ1) is 11.8. The minimum Gasteiger partial charge on any atom is -0.494 e. The van der Waals surface area contributed by atoms with E-state index >= 15 is 0 Å². The number of nitrogens with one attached hydrogen (secondary N) is 1. The molecule has 0 bridgehead atoms. The molecule has 0 aliphatic carbocycles. The van der Waals surface area contributed by atoms with E-state index < -0.39 is 0 Å². The van der Waals surface area contributed by atoms with Gasteiger partial charge in [-0.3, -0.25) is 0 Å². The van der Waals surface area contributed by atoms with E-state index in [-0.39, 0.29) is 5.82 Å². The maximum Gasteiger partial charge on any atom is 0.165 e. The molecule has 1 heterocycles. The third-order valence-electron chi connectivity index (χ3n) is 3.00. The molecule has 1 aromatic carbocycles. The van der Waals surface area contributed by atoms with Gasteiger partial charge in [-0.15, -0.1) is 0 Å². The number of rotatable bonds is 4. The van der Waals surface area contributed by atoms with Crippen LogP contribution in [0.15, 0.2) is 30.1 Å². The van der Waals surface area contributed by atoms with Gasteiger partial charge in [-0.25, -0.2) is 4.39 Å². The zero-order chi connectivity index (χ0) is 12.3. The summed E-state index contributed by atoms with van der Waals surface area (Å²) in [5.41, 5.74) is 6.73. The second-order valence-corrected chi connectivity index (χ2v) is 4.27. The largest absolute Gasteiger partial charge is 0.494 e. The fourth-order valence-electron chi connectivity index (χ4n) is 2.02. The molecule has 0 amide bonds. The van der Waals surface area contributed by atoms with Crippen LogP contribution in [-0.4, -0.2) is 13.7 Å². The summed E-state index contributed by atoms with van der Waals surface area (Å²) >= 11 is 0. The van der Waals surface area contributed by atoms with E-state index in [1.807, 2.05) is 6.08 Å². The van der Waals surface area contributed by atoms with Crippen molar-refractivity contribution >= 4 is 0 Å².